The van der Waals surface area contributed by atoms with Crippen molar-refractivity contribution >= 4 is 64.1 Å². The normalized spacial score (nSPS) is 12.2. The van der Waals surface area contributed by atoms with Crippen molar-refractivity contribution in [2.45, 2.75) is 0 Å². The van der Waals surface area contributed by atoms with Crippen LogP contribution in [0, 0.1) is 0 Å². The molecule has 3 aromatic heterocycles. The summed E-state index contributed by atoms with van der Waals surface area (Å²) in [5.41, 5.74) is 2.31. The second-order valence-corrected chi connectivity index (χ2v) is 7.21. The number of rotatable bonds is 0. The minimum atomic E-state index is 1.10. The standard InChI is InChI=1S/C21H12N2S/c1-2-5-13-12(4-1)14-7-8-16-19(18(14)20-15(13)9-11-23-20)21-17(24-16)6-3-10-22-21/h1-11,22H. The lowest BCUT2D eigenvalue weighted by molar-refractivity contribution is 1.44. The molecule has 1 N–H and O–H groups in total. The van der Waals surface area contributed by atoms with Crippen molar-refractivity contribution in [2.75, 3.05) is 0 Å². The highest BCUT2D eigenvalue weighted by atomic mass is 32.1. The van der Waals surface area contributed by atoms with Gasteiger partial charge in [-0.1, -0.05) is 30.3 Å². The van der Waals surface area contributed by atoms with Gasteiger partial charge in [0, 0.05) is 33.3 Å². The van der Waals surface area contributed by atoms with E-state index < -0.39 is 0 Å². The molecule has 3 heterocycles. The van der Waals surface area contributed by atoms with Crippen molar-refractivity contribution in [3.05, 3.63) is 67.0 Å². The number of thiophene rings is 1. The van der Waals surface area contributed by atoms with Crippen LogP contribution in [-0.4, -0.2) is 9.97 Å². The van der Waals surface area contributed by atoms with Crippen LogP contribution >= 0.6 is 11.3 Å². The van der Waals surface area contributed by atoms with Crippen LogP contribution in [0.4, 0.5) is 0 Å². The van der Waals surface area contributed by atoms with Gasteiger partial charge in [0.05, 0.1) is 15.7 Å². The summed E-state index contributed by atoms with van der Waals surface area (Å²) in [4.78, 5) is 8.18. The van der Waals surface area contributed by atoms with Crippen LogP contribution in [0.25, 0.3) is 52.8 Å². The van der Waals surface area contributed by atoms with E-state index in [1.54, 1.807) is 0 Å². The zero-order chi connectivity index (χ0) is 15.7. The van der Waals surface area contributed by atoms with E-state index in [0.29, 0.717) is 0 Å². The fourth-order valence-corrected chi connectivity index (χ4v) is 5.00. The first-order chi connectivity index (χ1) is 11.9. The topological polar surface area (TPSA) is 28.7 Å². The van der Waals surface area contributed by atoms with E-state index in [1.165, 1.54) is 47.2 Å². The van der Waals surface area contributed by atoms with Gasteiger partial charge >= 0.3 is 0 Å². The molecule has 0 spiro atoms. The molecule has 112 valence electrons. The van der Waals surface area contributed by atoms with E-state index in [1.807, 2.05) is 23.7 Å². The number of nitrogens with one attached hydrogen (secondary N) is 1. The van der Waals surface area contributed by atoms with Gasteiger partial charge in [0.2, 0.25) is 0 Å². The summed E-state index contributed by atoms with van der Waals surface area (Å²) >= 11 is 1.83. The molecule has 0 radical (unpaired) electrons. The minimum Gasteiger partial charge on any atom is -0.360 e. The Morgan fingerprint density at radius 3 is 2.50 bits per heavy atom. The molecule has 6 rings (SSSR count). The van der Waals surface area contributed by atoms with Crippen LogP contribution in [-0.2, 0) is 0 Å². The zero-order valence-electron chi connectivity index (χ0n) is 12.7. The smallest absolute Gasteiger partial charge is 0.0794 e. The van der Waals surface area contributed by atoms with Crippen molar-refractivity contribution in [3.63, 3.8) is 0 Å². The van der Waals surface area contributed by atoms with Crippen LogP contribution in [0.2, 0.25) is 0 Å². The van der Waals surface area contributed by atoms with Crippen LogP contribution in [0.3, 0.4) is 0 Å². The third kappa shape index (κ3) is 1.43. The average Bonchev–Trinajstić information content (AvgIpc) is 3.26. The number of aromatic amines is 1. The van der Waals surface area contributed by atoms with Gasteiger partial charge < -0.3 is 4.98 Å². The number of aromatic nitrogens is 2. The molecular weight excluding hydrogens is 312 g/mol. The maximum atomic E-state index is 4.72. The molecule has 0 aliphatic heterocycles. The Kier molecular flexibility index (Phi) is 2.26. The lowest BCUT2D eigenvalue weighted by atomic mass is 9.96. The molecule has 0 aliphatic carbocycles. The van der Waals surface area contributed by atoms with Gasteiger partial charge in [-0.3, -0.25) is 4.98 Å². The van der Waals surface area contributed by atoms with Gasteiger partial charge in [0.25, 0.3) is 0 Å². The number of H-pyrrole nitrogens is 1. The molecule has 0 saturated carbocycles. The first-order valence-electron chi connectivity index (χ1n) is 7.99. The molecule has 0 aliphatic rings. The van der Waals surface area contributed by atoms with E-state index in [0.717, 1.165) is 5.52 Å². The molecule has 3 aromatic carbocycles. The highest BCUT2D eigenvalue weighted by molar-refractivity contribution is 7.26. The van der Waals surface area contributed by atoms with Crippen molar-refractivity contribution < 1.29 is 0 Å². The maximum Gasteiger partial charge on any atom is 0.0794 e. The minimum absolute atomic E-state index is 1.10. The van der Waals surface area contributed by atoms with Crippen LogP contribution in [0.5, 0.6) is 0 Å². The summed E-state index contributed by atoms with van der Waals surface area (Å²) in [5.74, 6) is 0. The predicted molar refractivity (Wildman–Crippen MR) is 104 cm³/mol. The molecule has 0 saturated heterocycles. The molecule has 0 atom stereocenters. The van der Waals surface area contributed by atoms with Crippen molar-refractivity contribution in [2.24, 2.45) is 0 Å². The molecule has 0 fully saturated rings. The summed E-state index contributed by atoms with van der Waals surface area (Å²) in [6.45, 7) is 0. The lowest BCUT2D eigenvalue weighted by Gasteiger charge is -2.08. The number of fused-ring (bicyclic) bond motifs is 10. The van der Waals surface area contributed by atoms with E-state index in [9.17, 15) is 0 Å². The number of hydrogen-bond acceptors (Lipinski definition) is 2. The molecule has 0 amide bonds. The summed E-state index contributed by atoms with van der Waals surface area (Å²) in [6.07, 6.45) is 3.93. The van der Waals surface area contributed by atoms with Gasteiger partial charge in [0.1, 0.15) is 0 Å². The largest absolute Gasteiger partial charge is 0.360 e. The monoisotopic (exact) mass is 324 g/mol. The predicted octanol–water partition coefficient (Wildman–Crippen LogP) is 6.24. The van der Waals surface area contributed by atoms with Gasteiger partial charge in [-0.15, -0.1) is 11.3 Å². The van der Waals surface area contributed by atoms with E-state index in [4.69, 9.17) is 4.98 Å². The number of hydrogen-bond donors (Lipinski definition) is 1. The first kappa shape index (κ1) is 12.5. The number of nitrogens with zero attached hydrogens (tertiary/aromatic N) is 1. The Morgan fingerprint density at radius 2 is 1.58 bits per heavy atom. The van der Waals surface area contributed by atoms with Crippen molar-refractivity contribution in [3.8, 4) is 0 Å². The third-order valence-corrected chi connectivity index (χ3v) is 6.02. The fraction of sp³-hybridized carbons (Fsp3) is 0. The molecule has 0 bridgehead atoms. The second kappa shape index (κ2) is 4.34. The van der Waals surface area contributed by atoms with Gasteiger partial charge in [-0.05, 0) is 40.4 Å². The Morgan fingerprint density at radius 1 is 0.708 bits per heavy atom. The van der Waals surface area contributed by atoms with Gasteiger partial charge in [0.15, 0.2) is 0 Å². The molecule has 6 aromatic rings. The Balaban J connectivity index is 2.06. The SMILES string of the molecule is c1c[nH]c2c(c1)sc1ccc3c4ccccc4c4ccnc4c3c12. The third-order valence-electron chi connectivity index (χ3n) is 4.90. The first-order valence-corrected chi connectivity index (χ1v) is 8.81. The maximum absolute atomic E-state index is 4.72. The molecule has 24 heavy (non-hydrogen) atoms. The highest BCUT2D eigenvalue weighted by Crippen LogP contribution is 2.42. The van der Waals surface area contributed by atoms with Crippen LogP contribution < -0.4 is 0 Å². The zero-order valence-corrected chi connectivity index (χ0v) is 13.5. The lowest BCUT2D eigenvalue weighted by Crippen LogP contribution is -1.83. The average molecular weight is 324 g/mol. The summed E-state index contributed by atoms with van der Waals surface area (Å²) in [6, 6.07) is 19.5. The highest BCUT2D eigenvalue weighted by Gasteiger charge is 2.15. The summed E-state index contributed by atoms with van der Waals surface area (Å²) in [5, 5.41) is 7.65. The molecule has 2 nitrogen and oxygen atoms in total. The van der Waals surface area contributed by atoms with Gasteiger partial charge in [-0.25, -0.2) is 0 Å². The number of benzene rings is 3. The molecule has 0 unspecified atom stereocenters. The Labute approximate surface area is 141 Å². The number of pyridine rings is 1. The van der Waals surface area contributed by atoms with Crippen LogP contribution in [0.15, 0.2) is 67.0 Å². The Bertz CT molecular complexity index is 1410. The van der Waals surface area contributed by atoms with E-state index >= 15 is 0 Å². The second-order valence-electron chi connectivity index (χ2n) is 6.13. The van der Waals surface area contributed by atoms with E-state index in [-0.39, 0.29) is 0 Å². The van der Waals surface area contributed by atoms with Crippen molar-refractivity contribution in [1.29, 1.82) is 0 Å². The van der Waals surface area contributed by atoms with E-state index in [2.05, 4.69) is 59.6 Å². The fourth-order valence-electron chi connectivity index (χ4n) is 3.91. The molecular formula is C21H12N2S. The quantitative estimate of drug-likeness (QED) is 0.329. The van der Waals surface area contributed by atoms with Gasteiger partial charge in [-0.2, -0.15) is 0 Å². The molecule has 3 heteroatoms. The summed E-state index contributed by atoms with van der Waals surface area (Å²) < 4.78 is 2.59. The van der Waals surface area contributed by atoms with Crippen LogP contribution in [0.1, 0.15) is 0 Å². The summed E-state index contributed by atoms with van der Waals surface area (Å²) in [7, 11) is 0. The Hall–Kier alpha value is -2.91. The van der Waals surface area contributed by atoms with Crippen molar-refractivity contribution in [1.82, 2.24) is 9.97 Å².